The number of rotatable bonds is 8. The molecule has 0 radical (unpaired) electrons. The van der Waals surface area contributed by atoms with Crippen LogP contribution in [0.1, 0.15) is 51.9 Å². The number of esters is 1. The highest BCUT2D eigenvalue weighted by Crippen LogP contribution is 2.44. The van der Waals surface area contributed by atoms with Gasteiger partial charge in [0.05, 0.1) is 18.7 Å². The average Bonchev–Trinajstić information content (AvgIpc) is 3.30. The van der Waals surface area contributed by atoms with Gasteiger partial charge < -0.3 is 24.0 Å². The van der Waals surface area contributed by atoms with E-state index in [1.54, 1.807) is 11.0 Å². The highest BCUT2D eigenvalue weighted by molar-refractivity contribution is 6.09. The fraction of sp³-hybridized carbons (Fsp3) is 0.297. The first-order valence-electron chi connectivity index (χ1n) is 15.2. The monoisotopic (exact) mass is 608 g/mol. The summed E-state index contributed by atoms with van der Waals surface area (Å²) in [7, 11) is 2.04. The number of anilines is 2. The first-order valence-corrected chi connectivity index (χ1v) is 15.2. The Morgan fingerprint density at radius 3 is 2.49 bits per heavy atom. The molecule has 3 atom stereocenters. The summed E-state index contributed by atoms with van der Waals surface area (Å²) in [5, 5.41) is 0. The normalized spacial score (nSPS) is 18.6. The van der Waals surface area contributed by atoms with Crippen molar-refractivity contribution in [1.82, 2.24) is 0 Å². The third-order valence-electron chi connectivity index (χ3n) is 8.71. The topological polar surface area (TPSA) is 68.3 Å². The van der Waals surface area contributed by atoms with Crippen LogP contribution in [0.4, 0.5) is 15.8 Å². The van der Waals surface area contributed by atoms with Crippen molar-refractivity contribution in [3.63, 3.8) is 0 Å². The third kappa shape index (κ3) is 6.23. The van der Waals surface area contributed by atoms with Gasteiger partial charge in [-0.1, -0.05) is 42.5 Å². The number of aryl methyl sites for hydroxylation is 2. The molecule has 4 aromatic rings. The van der Waals surface area contributed by atoms with Crippen LogP contribution >= 0.6 is 0 Å². The Bertz CT molecular complexity index is 1730. The van der Waals surface area contributed by atoms with Crippen LogP contribution in [0.5, 0.6) is 11.5 Å². The van der Waals surface area contributed by atoms with Crippen LogP contribution in [0, 0.1) is 19.7 Å². The second-order valence-corrected chi connectivity index (χ2v) is 11.9. The zero-order chi connectivity index (χ0) is 31.7. The lowest BCUT2D eigenvalue weighted by atomic mass is 9.92. The summed E-state index contributed by atoms with van der Waals surface area (Å²) in [5.74, 6) is 0.0807. The maximum atomic E-state index is 14.4. The summed E-state index contributed by atoms with van der Waals surface area (Å²) < 4.78 is 32.4. The fourth-order valence-electron chi connectivity index (χ4n) is 6.32. The van der Waals surface area contributed by atoms with Gasteiger partial charge in [-0.2, -0.15) is 0 Å². The first kappa shape index (κ1) is 30.2. The molecule has 0 spiro atoms. The number of carbonyl (C=O) groups is 2. The van der Waals surface area contributed by atoms with Crippen molar-refractivity contribution < 1.29 is 28.2 Å². The molecule has 0 fully saturated rings. The minimum atomic E-state index is -0.414. The van der Waals surface area contributed by atoms with E-state index in [1.807, 2.05) is 94.5 Å². The quantitative estimate of drug-likeness (QED) is 0.201. The number of hydrogen-bond donors (Lipinski definition) is 0. The molecule has 2 aliphatic heterocycles. The van der Waals surface area contributed by atoms with Gasteiger partial charge in [-0.05, 0) is 85.5 Å². The zero-order valence-electron chi connectivity index (χ0n) is 26.0. The van der Waals surface area contributed by atoms with Crippen LogP contribution in [0.15, 0.2) is 84.9 Å². The highest BCUT2D eigenvalue weighted by Gasteiger charge is 2.41. The van der Waals surface area contributed by atoms with Crippen LogP contribution < -0.4 is 19.3 Å². The van der Waals surface area contributed by atoms with Crippen molar-refractivity contribution in [3.8, 4) is 11.5 Å². The molecule has 0 aromatic heterocycles. The van der Waals surface area contributed by atoms with E-state index in [1.165, 1.54) is 12.1 Å². The summed E-state index contributed by atoms with van der Waals surface area (Å²) in [6.07, 6.45) is -0.119. The number of hydrogen-bond acceptors (Lipinski definition) is 6. The van der Waals surface area contributed by atoms with Gasteiger partial charge in [-0.3, -0.25) is 9.59 Å². The molecule has 7 nitrogen and oxygen atoms in total. The molecule has 0 N–H and O–H groups in total. The van der Waals surface area contributed by atoms with Crippen molar-refractivity contribution in [2.24, 2.45) is 0 Å². The van der Waals surface area contributed by atoms with E-state index < -0.39 is 23.7 Å². The van der Waals surface area contributed by atoms with Gasteiger partial charge in [0.15, 0.2) is 0 Å². The van der Waals surface area contributed by atoms with E-state index in [2.05, 4.69) is 4.90 Å². The summed E-state index contributed by atoms with van der Waals surface area (Å²) in [6.45, 7) is 6.89. The van der Waals surface area contributed by atoms with E-state index in [0.717, 1.165) is 28.1 Å². The average molecular weight is 609 g/mol. The molecular weight excluding hydrogens is 571 g/mol. The Balaban J connectivity index is 1.17. The SMILES string of the molecule is Cc1cc(C(=O)N2c3ccc(F)cc3C(CC(=O)OCc3ccccc3)C2C)c(C)cc1OC[C@@H]1CN(C)c2ccccc2O1. The first-order chi connectivity index (χ1) is 21.7. The Morgan fingerprint density at radius 1 is 0.933 bits per heavy atom. The maximum Gasteiger partial charge on any atom is 0.306 e. The number of fused-ring (bicyclic) bond motifs is 2. The van der Waals surface area contributed by atoms with E-state index in [9.17, 15) is 14.0 Å². The minimum Gasteiger partial charge on any atom is -0.489 e. The summed E-state index contributed by atoms with van der Waals surface area (Å²) >= 11 is 0. The fourth-order valence-corrected chi connectivity index (χ4v) is 6.32. The van der Waals surface area contributed by atoms with Crippen molar-refractivity contribution in [2.75, 3.05) is 30.0 Å². The second-order valence-electron chi connectivity index (χ2n) is 11.9. The number of carbonyl (C=O) groups excluding carboxylic acids is 2. The molecular formula is C37H37FN2O5. The molecule has 0 bridgehead atoms. The van der Waals surface area contributed by atoms with Crippen LogP contribution in [-0.2, 0) is 16.1 Å². The number of likely N-dealkylation sites (N-methyl/N-ethyl adjacent to an activating group) is 1. The van der Waals surface area contributed by atoms with Gasteiger partial charge in [-0.25, -0.2) is 4.39 Å². The van der Waals surface area contributed by atoms with Crippen LogP contribution in [0.3, 0.4) is 0 Å². The van der Waals surface area contributed by atoms with Crippen LogP contribution in [0.25, 0.3) is 0 Å². The predicted molar refractivity (Wildman–Crippen MR) is 172 cm³/mol. The predicted octanol–water partition coefficient (Wildman–Crippen LogP) is 6.98. The molecule has 45 heavy (non-hydrogen) atoms. The van der Waals surface area contributed by atoms with Gasteiger partial charge in [0.2, 0.25) is 0 Å². The smallest absolute Gasteiger partial charge is 0.306 e. The minimum absolute atomic E-state index is 0.0297. The molecule has 2 heterocycles. The number of halogens is 1. The Kier molecular flexibility index (Phi) is 8.48. The Hall–Kier alpha value is -4.85. The standard InChI is InChI=1S/C37H37FN2O5/c1-23-17-35(43-22-28-20-39(4)33-12-8-9-13-34(33)45-28)24(2)16-29(23)37(42)40-25(3)30(31-18-27(38)14-15-32(31)40)19-36(41)44-21-26-10-6-5-7-11-26/h5-18,25,28,30H,19-22H2,1-4H3/t25?,28-,30?/m0/s1. The molecule has 1 amide bonds. The number of amides is 1. The van der Waals surface area contributed by atoms with Gasteiger partial charge >= 0.3 is 5.97 Å². The highest BCUT2D eigenvalue weighted by atomic mass is 19.1. The largest absolute Gasteiger partial charge is 0.489 e. The lowest BCUT2D eigenvalue weighted by molar-refractivity contribution is -0.145. The summed E-state index contributed by atoms with van der Waals surface area (Å²) in [5.41, 5.74) is 5.27. The number of nitrogens with zero attached hydrogens (tertiary/aromatic N) is 2. The molecule has 0 aliphatic carbocycles. The van der Waals surface area contributed by atoms with Crippen molar-refractivity contribution in [3.05, 3.63) is 119 Å². The van der Waals surface area contributed by atoms with E-state index in [4.69, 9.17) is 14.2 Å². The molecule has 0 saturated heterocycles. The molecule has 4 aromatic carbocycles. The molecule has 6 rings (SSSR count). The molecule has 232 valence electrons. The van der Waals surface area contributed by atoms with Gasteiger partial charge in [-0.15, -0.1) is 0 Å². The summed E-state index contributed by atoms with van der Waals surface area (Å²) in [4.78, 5) is 30.9. The molecule has 2 unspecified atom stereocenters. The van der Waals surface area contributed by atoms with Gasteiger partial charge in [0, 0.05) is 30.3 Å². The number of para-hydroxylation sites is 2. The molecule has 8 heteroatoms. The van der Waals surface area contributed by atoms with Crippen LogP contribution in [-0.4, -0.2) is 44.2 Å². The molecule has 2 aliphatic rings. The third-order valence-corrected chi connectivity index (χ3v) is 8.71. The van der Waals surface area contributed by atoms with Crippen molar-refractivity contribution in [1.29, 1.82) is 0 Å². The second kappa shape index (κ2) is 12.6. The van der Waals surface area contributed by atoms with Gasteiger partial charge in [0.1, 0.15) is 36.6 Å². The van der Waals surface area contributed by atoms with Crippen LogP contribution in [0.2, 0.25) is 0 Å². The summed E-state index contributed by atoms with van der Waals surface area (Å²) in [6, 6.07) is 25.1. The van der Waals surface area contributed by atoms with Gasteiger partial charge in [0.25, 0.3) is 5.91 Å². The zero-order valence-corrected chi connectivity index (χ0v) is 26.0. The lowest BCUT2D eigenvalue weighted by Gasteiger charge is -2.33. The number of benzene rings is 4. The van der Waals surface area contributed by atoms with E-state index >= 15 is 0 Å². The van der Waals surface area contributed by atoms with E-state index in [-0.39, 0.29) is 25.0 Å². The Labute approximate surface area is 263 Å². The van der Waals surface area contributed by atoms with E-state index in [0.29, 0.717) is 35.7 Å². The maximum absolute atomic E-state index is 14.4. The van der Waals surface area contributed by atoms with Crippen molar-refractivity contribution in [2.45, 2.75) is 51.9 Å². The lowest BCUT2D eigenvalue weighted by Crippen LogP contribution is -2.41. The number of ether oxygens (including phenoxy) is 3. The van der Waals surface area contributed by atoms with Crippen molar-refractivity contribution >= 4 is 23.3 Å². The Morgan fingerprint density at radius 2 is 1.69 bits per heavy atom. The molecule has 0 saturated carbocycles.